The van der Waals surface area contributed by atoms with E-state index in [1.54, 1.807) is 7.11 Å². The molecular weight excluding hydrogens is 307 g/mol. The van der Waals surface area contributed by atoms with Crippen LogP contribution in [0.15, 0.2) is 18.2 Å². The van der Waals surface area contributed by atoms with Crippen LogP contribution in [0, 0.1) is 0 Å². The van der Waals surface area contributed by atoms with E-state index >= 15 is 0 Å². The molecule has 0 spiro atoms. The molecule has 0 saturated carbocycles. The molecule has 0 unspecified atom stereocenters. The summed E-state index contributed by atoms with van der Waals surface area (Å²) in [6.45, 7) is 7.42. The van der Waals surface area contributed by atoms with Crippen LogP contribution in [0.5, 0.6) is 5.75 Å². The number of methoxy groups -OCH3 is 1. The summed E-state index contributed by atoms with van der Waals surface area (Å²) >= 11 is 6.04. The first kappa shape index (κ1) is 18.7. The summed E-state index contributed by atoms with van der Waals surface area (Å²) in [4.78, 5) is 2.36. The zero-order valence-electron chi connectivity index (χ0n) is 11.4. The van der Waals surface area contributed by atoms with Crippen LogP contribution in [0.1, 0.15) is 13.8 Å². The average molecular weight is 328 g/mol. The van der Waals surface area contributed by atoms with Gasteiger partial charge in [0.2, 0.25) is 0 Å². The summed E-state index contributed by atoms with van der Waals surface area (Å²) < 4.78 is 5.25. The van der Waals surface area contributed by atoms with E-state index in [1.807, 2.05) is 18.2 Å². The van der Waals surface area contributed by atoms with Crippen LogP contribution in [0.3, 0.4) is 0 Å². The monoisotopic (exact) mass is 326 g/mol. The van der Waals surface area contributed by atoms with Crippen LogP contribution >= 0.6 is 36.4 Å². The Bertz CT molecular complexity index is 413. The van der Waals surface area contributed by atoms with Gasteiger partial charge in [-0.15, -0.1) is 24.8 Å². The van der Waals surface area contributed by atoms with E-state index in [-0.39, 0.29) is 30.4 Å². The number of anilines is 1. The van der Waals surface area contributed by atoms with Gasteiger partial charge in [0.1, 0.15) is 5.75 Å². The van der Waals surface area contributed by atoms with Crippen LogP contribution in [-0.2, 0) is 0 Å². The smallest absolute Gasteiger partial charge is 0.139 e. The molecule has 6 heteroatoms. The third kappa shape index (κ3) is 4.60. The second kappa shape index (κ2) is 7.44. The van der Waals surface area contributed by atoms with E-state index in [2.05, 4.69) is 24.1 Å². The van der Waals surface area contributed by atoms with Crippen molar-refractivity contribution in [3.05, 3.63) is 23.2 Å². The topological polar surface area (TPSA) is 24.5 Å². The molecule has 1 heterocycles. The minimum absolute atomic E-state index is 0. The molecule has 1 fully saturated rings. The average Bonchev–Trinajstić information content (AvgIpc) is 2.28. The lowest BCUT2D eigenvalue weighted by molar-refractivity contribution is 0.352. The highest BCUT2D eigenvalue weighted by molar-refractivity contribution is 6.32. The number of nitrogens with one attached hydrogen (secondary N) is 1. The quantitative estimate of drug-likeness (QED) is 0.901. The molecule has 0 radical (unpaired) electrons. The minimum Gasteiger partial charge on any atom is -0.495 e. The zero-order chi connectivity index (χ0) is 12.5. The molecule has 1 aromatic rings. The molecule has 0 bridgehead atoms. The molecule has 3 nitrogen and oxygen atoms in total. The van der Waals surface area contributed by atoms with Crippen LogP contribution in [0.25, 0.3) is 0 Å². The van der Waals surface area contributed by atoms with Gasteiger partial charge in [-0.1, -0.05) is 11.6 Å². The third-order valence-electron chi connectivity index (χ3n) is 3.07. The second-order valence-corrected chi connectivity index (χ2v) is 5.46. The van der Waals surface area contributed by atoms with Gasteiger partial charge in [0, 0.05) is 36.9 Å². The third-order valence-corrected chi connectivity index (χ3v) is 3.38. The number of nitrogens with zero attached hydrogens (tertiary/aromatic N) is 1. The molecule has 0 aromatic heterocycles. The summed E-state index contributed by atoms with van der Waals surface area (Å²) in [5, 5.41) is 4.16. The van der Waals surface area contributed by atoms with E-state index in [1.165, 1.54) is 5.69 Å². The van der Waals surface area contributed by atoms with E-state index in [0.717, 1.165) is 25.4 Å². The highest BCUT2D eigenvalue weighted by Gasteiger charge is 2.26. The number of hydrogen-bond acceptors (Lipinski definition) is 3. The summed E-state index contributed by atoms with van der Waals surface area (Å²) in [5.41, 5.74) is 1.31. The second-order valence-electron chi connectivity index (χ2n) is 5.05. The Labute approximate surface area is 132 Å². The number of halogens is 3. The van der Waals surface area contributed by atoms with Crippen LogP contribution in [0.4, 0.5) is 5.69 Å². The summed E-state index contributed by atoms with van der Waals surface area (Å²) in [6.07, 6.45) is 0. The van der Waals surface area contributed by atoms with Crippen molar-refractivity contribution in [2.45, 2.75) is 19.4 Å². The van der Waals surface area contributed by atoms with Crippen molar-refractivity contribution in [1.82, 2.24) is 5.32 Å². The maximum Gasteiger partial charge on any atom is 0.139 e. The normalized spacial score (nSPS) is 17.2. The summed E-state index contributed by atoms with van der Waals surface area (Å²) in [7, 11) is 1.65. The Balaban J connectivity index is 0.00000162. The lowest BCUT2D eigenvalue weighted by Gasteiger charge is -2.40. The number of benzene rings is 1. The molecule has 19 heavy (non-hydrogen) atoms. The van der Waals surface area contributed by atoms with Gasteiger partial charge in [0.05, 0.1) is 12.1 Å². The van der Waals surface area contributed by atoms with Gasteiger partial charge in [-0.2, -0.15) is 0 Å². The number of ether oxygens (including phenoxy) is 1. The first-order valence-electron chi connectivity index (χ1n) is 5.85. The number of hydrogen-bond donors (Lipinski definition) is 1. The maximum atomic E-state index is 6.04. The highest BCUT2D eigenvalue weighted by Crippen LogP contribution is 2.30. The van der Waals surface area contributed by atoms with E-state index in [4.69, 9.17) is 16.3 Å². The van der Waals surface area contributed by atoms with Gasteiger partial charge in [-0.3, -0.25) is 0 Å². The zero-order valence-corrected chi connectivity index (χ0v) is 13.8. The summed E-state index contributed by atoms with van der Waals surface area (Å²) in [5.74, 6) is 0.737. The molecule has 1 aliphatic rings. The molecule has 0 amide bonds. The van der Waals surface area contributed by atoms with E-state index < -0.39 is 0 Å². The predicted octanol–water partition coefficient (Wildman–Crippen LogP) is 3.38. The molecular formula is C13H21Cl3N2O. The van der Waals surface area contributed by atoms with Crippen molar-refractivity contribution < 1.29 is 4.74 Å². The van der Waals surface area contributed by atoms with Crippen molar-refractivity contribution in [2.75, 3.05) is 31.6 Å². The first-order valence-corrected chi connectivity index (χ1v) is 6.23. The fourth-order valence-electron chi connectivity index (χ4n) is 2.21. The van der Waals surface area contributed by atoms with Gasteiger partial charge in [-0.25, -0.2) is 0 Å². The molecule has 0 atom stereocenters. The van der Waals surface area contributed by atoms with Gasteiger partial charge in [0.25, 0.3) is 0 Å². The summed E-state index contributed by atoms with van der Waals surface area (Å²) in [6, 6.07) is 5.95. The van der Waals surface area contributed by atoms with Gasteiger partial charge >= 0.3 is 0 Å². The molecule has 2 rings (SSSR count). The Hall–Kier alpha value is -0.350. The van der Waals surface area contributed by atoms with Crippen molar-refractivity contribution >= 4 is 42.1 Å². The minimum atomic E-state index is 0. The molecule has 1 N–H and O–H groups in total. The predicted molar refractivity (Wildman–Crippen MR) is 86.8 cm³/mol. The van der Waals surface area contributed by atoms with Crippen LogP contribution in [0.2, 0.25) is 5.02 Å². The highest BCUT2D eigenvalue weighted by atomic mass is 35.5. The molecule has 0 aliphatic carbocycles. The number of rotatable bonds is 2. The van der Waals surface area contributed by atoms with Crippen LogP contribution < -0.4 is 15.0 Å². The molecule has 110 valence electrons. The lowest BCUT2D eigenvalue weighted by Crippen LogP contribution is -2.57. The van der Waals surface area contributed by atoms with Crippen molar-refractivity contribution in [1.29, 1.82) is 0 Å². The SMILES string of the molecule is COc1cc(N2CCNC(C)(C)C2)ccc1Cl.Cl.Cl. The van der Waals surface area contributed by atoms with E-state index in [0.29, 0.717) is 5.02 Å². The fourth-order valence-corrected chi connectivity index (χ4v) is 2.40. The molecule has 1 aliphatic heterocycles. The maximum absolute atomic E-state index is 6.04. The van der Waals surface area contributed by atoms with Gasteiger partial charge in [-0.05, 0) is 26.0 Å². The van der Waals surface area contributed by atoms with Crippen molar-refractivity contribution in [3.8, 4) is 5.75 Å². The Morgan fingerprint density at radius 2 is 2.00 bits per heavy atom. The van der Waals surface area contributed by atoms with Crippen molar-refractivity contribution in [3.63, 3.8) is 0 Å². The van der Waals surface area contributed by atoms with E-state index in [9.17, 15) is 0 Å². The lowest BCUT2D eigenvalue weighted by atomic mass is 10.0. The Morgan fingerprint density at radius 1 is 1.32 bits per heavy atom. The largest absolute Gasteiger partial charge is 0.495 e. The van der Waals surface area contributed by atoms with Gasteiger partial charge in [0.15, 0.2) is 0 Å². The Morgan fingerprint density at radius 3 is 2.58 bits per heavy atom. The fraction of sp³-hybridized carbons (Fsp3) is 0.538. The molecule has 1 saturated heterocycles. The molecule has 1 aromatic carbocycles. The van der Waals surface area contributed by atoms with Crippen LogP contribution in [-0.4, -0.2) is 32.3 Å². The Kier molecular flexibility index (Phi) is 7.30. The first-order chi connectivity index (χ1) is 8.02. The van der Waals surface area contributed by atoms with Gasteiger partial charge < -0.3 is 15.0 Å². The van der Waals surface area contributed by atoms with Crippen molar-refractivity contribution in [2.24, 2.45) is 0 Å². The standard InChI is InChI=1S/C13H19ClN2O.2ClH/c1-13(2)9-16(7-6-15-13)10-4-5-11(14)12(8-10)17-3;;/h4-5,8,15H,6-7,9H2,1-3H3;2*1H. The number of piperazine rings is 1.